The SMILES string of the molecule is C/C=C(CC)\C(COc1ccc(O)cc1C(F)(F)F)=C(/C)N(N)C(=O)N(C)N. The normalized spacial score (nSPS) is 13.1. The Morgan fingerprint density at radius 1 is 1.32 bits per heavy atom. The molecule has 10 heteroatoms. The van der Waals surface area contributed by atoms with Crippen molar-refractivity contribution in [3.05, 3.63) is 46.7 Å². The van der Waals surface area contributed by atoms with Crippen molar-refractivity contribution in [2.45, 2.75) is 33.4 Å². The van der Waals surface area contributed by atoms with Crippen molar-refractivity contribution in [3.8, 4) is 11.5 Å². The largest absolute Gasteiger partial charge is 0.508 e. The summed E-state index contributed by atoms with van der Waals surface area (Å²) in [5, 5.41) is 11.0. The maximum absolute atomic E-state index is 13.2. The summed E-state index contributed by atoms with van der Waals surface area (Å²) < 4.78 is 45.1. The third kappa shape index (κ3) is 5.64. The molecule has 0 unspecified atom stereocenters. The second-order valence-corrected chi connectivity index (χ2v) is 5.96. The van der Waals surface area contributed by atoms with Crippen molar-refractivity contribution in [3.63, 3.8) is 0 Å². The highest BCUT2D eigenvalue weighted by Crippen LogP contribution is 2.38. The molecule has 0 saturated heterocycles. The zero-order valence-corrected chi connectivity index (χ0v) is 16.2. The number of carbonyl (C=O) groups excluding carboxylic acids is 1. The van der Waals surface area contributed by atoms with E-state index in [0.29, 0.717) is 18.1 Å². The van der Waals surface area contributed by atoms with E-state index in [4.69, 9.17) is 16.4 Å². The lowest BCUT2D eigenvalue weighted by Gasteiger charge is -2.25. The van der Waals surface area contributed by atoms with Crippen LogP contribution in [-0.2, 0) is 6.18 Å². The number of ether oxygens (including phenoxy) is 1. The monoisotopic (exact) mass is 402 g/mol. The van der Waals surface area contributed by atoms with E-state index in [0.717, 1.165) is 27.7 Å². The van der Waals surface area contributed by atoms with Crippen LogP contribution in [0.1, 0.15) is 32.8 Å². The number of carbonyl (C=O) groups is 1. The summed E-state index contributed by atoms with van der Waals surface area (Å²) in [5.41, 5.74) is 0.367. The number of hydrogen-bond acceptors (Lipinski definition) is 5. The fourth-order valence-electron chi connectivity index (χ4n) is 2.50. The van der Waals surface area contributed by atoms with Gasteiger partial charge in [-0.2, -0.15) is 13.2 Å². The quantitative estimate of drug-likeness (QED) is 0.292. The third-order valence-corrected chi connectivity index (χ3v) is 4.06. The maximum Gasteiger partial charge on any atom is 0.420 e. The van der Waals surface area contributed by atoms with Crippen molar-refractivity contribution in [2.24, 2.45) is 11.7 Å². The van der Waals surface area contributed by atoms with Crippen LogP contribution in [0.4, 0.5) is 18.0 Å². The first-order valence-electron chi connectivity index (χ1n) is 8.39. The number of benzene rings is 1. The zero-order chi connectivity index (χ0) is 21.6. The number of phenolic OH excluding ortho intramolecular Hbond substituents is 1. The molecular formula is C18H25F3N4O3. The molecule has 1 rings (SSSR count). The number of nitrogens with zero attached hydrogens (tertiary/aromatic N) is 2. The molecule has 2 amide bonds. The molecule has 0 fully saturated rings. The Hall–Kier alpha value is -2.72. The Morgan fingerprint density at radius 3 is 2.39 bits per heavy atom. The first-order valence-corrected chi connectivity index (χ1v) is 8.39. The van der Waals surface area contributed by atoms with E-state index in [2.05, 4.69) is 0 Å². The molecule has 0 atom stereocenters. The van der Waals surface area contributed by atoms with Gasteiger partial charge in [-0.3, -0.25) is 5.01 Å². The van der Waals surface area contributed by atoms with E-state index in [1.54, 1.807) is 19.9 Å². The summed E-state index contributed by atoms with van der Waals surface area (Å²) in [6.45, 7) is 4.87. The number of hydrogen-bond donors (Lipinski definition) is 3. The van der Waals surface area contributed by atoms with Crippen LogP contribution in [0.5, 0.6) is 11.5 Å². The van der Waals surface area contributed by atoms with E-state index in [9.17, 15) is 23.1 Å². The molecule has 0 aliphatic rings. The molecule has 0 bridgehead atoms. The number of aromatic hydroxyl groups is 1. The van der Waals surface area contributed by atoms with Gasteiger partial charge < -0.3 is 9.84 Å². The van der Waals surface area contributed by atoms with E-state index in [-0.39, 0.29) is 12.3 Å². The Kier molecular flexibility index (Phi) is 7.89. The second-order valence-electron chi connectivity index (χ2n) is 5.96. The number of halogens is 3. The number of urea groups is 1. The molecule has 0 radical (unpaired) electrons. The Labute approximate surface area is 161 Å². The smallest absolute Gasteiger partial charge is 0.420 e. The van der Waals surface area contributed by atoms with Crippen LogP contribution in [0.3, 0.4) is 0 Å². The standard InChI is InChI=1S/C18H25F3N4O3/c1-5-12(6-2)14(11(3)25(23)17(27)24(4)22)10-28-16-8-7-13(26)9-15(16)18(19,20)21/h5,7-9,26H,6,10,22-23H2,1-4H3/b12-5-,14-11+. The van der Waals surface area contributed by atoms with Gasteiger partial charge in [-0.1, -0.05) is 13.0 Å². The topological polar surface area (TPSA) is 105 Å². The van der Waals surface area contributed by atoms with Gasteiger partial charge in [-0.05, 0) is 44.0 Å². The van der Waals surface area contributed by atoms with E-state index in [1.807, 2.05) is 6.92 Å². The van der Waals surface area contributed by atoms with Crippen LogP contribution in [-0.4, -0.2) is 34.8 Å². The van der Waals surface area contributed by atoms with Gasteiger partial charge in [0.05, 0.1) is 0 Å². The van der Waals surface area contributed by atoms with Gasteiger partial charge in [0.15, 0.2) is 0 Å². The van der Waals surface area contributed by atoms with Gasteiger partial charge in [0.25, 0.3) is 0 Å². The number of allylic oxidation sites excluding steroid dienone is 2. The van der Waals surface area contributed by atoms with Gasteiger partial charge in [0, 0.05) is 18.3 Å². The average molecular weight is 402 g/mol. The van der Waals surface area contributed by atoms with Crippen LogP contribution >= 0.6 is 0 Å². The lowest BCUT2D eigenvalue weighted by atomic mass is 10.0. The molecule has 0 aromatic heterocycles. The molecule has 0 aliphatic carbocycles. The van der Waals surface area contributed by atoms with Crippen LogP contribution in [0.15, 0.2) is 41.1 Å². The second kappa shape index (κ2) is 9.47. The highest BCUT2D eigenvalue weighted by molar-refractivity contribution is 5.75. The van der Waals surface area contributed by atoms with Gasteiger partial charge in [0.2, 0.25) is 0 Å². The van der Waals surface area contributed by atoms with Crippen LogP contribution in [0.25, 0.3) is 0 Å². The maximum atomic E-state index is 13.2. The zero-order valence-electron chi connectivity index (χ0n) is 16.2. The number of rotatable bonds is 6. The number of phenols is 1. The molecule has 1 aromatic rings. The molecule has 28 heavy (non-hydrogen) atoms. The molecule has 0 aliphatic heterocycles. The Balaban J connectivity index is 3.32. The summed E-state index contributed by atoms with van der Waals surface area (Å²) in [6, 6.07) is 2.01. The summed E-state index contributed by atoms with van der Waals surface area (Å²) in [5.74, 6) is 10.2. The molecule has 0 spiro atoms. The summed E-state index contributed by atoms with van der Waals surface area (Å²) in [6.07, 6.45) is -2.41. The predicted octanol–water partition coefficient (Wildman–Crippen LogP) is 3.52. The van der Waals surface area contributed by atoms with Gasteiger partial charge >= 0.3 is 12.2 Å². The fraction of sp³-hybridized carbons (Fsp3) is 0.389. The van der Waals surface area contributed by atoms with Crippen LogP contribution in [0.2, 0.25) is 0 Å². The van der Waals surface area contributed by atoms with Gasteiger partial charge in [-0.25, -0.2) is 21.5 Å². The van der Waals surface area contributed by atoms with Gasteiger partial charge in [-0.15, -0.1) is 0 Å². The minimum atomic E-state index is -4.71. The van der Waals surface area contributed by atoms with E-state index < -0.39 is 29.3 Å². The number of alkyl halides is 3. The van der Waals surface area contributed by atoms with E-state index in [1.165, 1.54) is 7.05 Å². The summed E-state index contributed by atoms with van der Waals surface area (Å²) >= 11 is 0. The molecule has 0 heterocycles. The lowest BCUT2D eigenvalue weighted by Crippen LogP contribution is -2.47. The minimum Gasteiger partial charge on any atom is -0.508 e. The van der Waals surface area contributed by atoms with Crippen molar-refractivity contribution >= 4 is 6.03 Å². The van der Waals surface area contributed by atoms with Crippen LogP contribution in [0, 0.1) is 0 Å². The highest BCUT2D eigenvalue weighted by atomic mass is 19.4. The first-order chi connectivity index (χ1) is 12.9. The van der Waals surface area contributed by atoms with Crippen molar-refractivity contribution in [1.82, 2.24) is 10.0 Å². The summed E-state index contributed by atoms with van der Waals surface area (Å²) in [4.78, 5) is 12.0. The average Bonchev–Trinajstić information content (AvgIpc) is 2.63. The van der Waals surface area contributed by atoms with Crippen molar-refractivity contribution < 1.29 is 27.8 Å². The molecule has 1 aromatic carbocycles. The van der Waals surface area contributed by atoms with Crippen molar-refractivity contribution in [1.29, 1.82) is 0 Å². The summed E-state index contributed by atoms with van der Waals surface area (Å²) in [7, 11) is 1.31. The first kappa shape index (κ1) is 23.3. The van der Waals surface area contributed by atoms with Gasteiger partial charge in [0.1, 0.15) is 23.7 Å². The van der Waals surface area contributed by atoms with Crippen LogP contribution < -0.4 is 16.4 Å². The number of hydrazine groups is 2. The molecule has 5 N–H and O–H groups in total. The molecular weight excluding hydrogens is 377 g/mol. The molecule has 7 nitrogen and oxygen atoms in total. The number of nitrogens with two attached hydrogens (primary N) is 2. The minimum absolute atomic E-state index is 0.275. The number of amides is 2. The molecule has 156 valence electrons. The van der Waals surface area contributed by atoms with Crippen molar-refractivity contribution in [2.75, 3.05) is 13.7 Å². The Bertz CT molecular complexity index is 774. The predicted molar refractivity (Wildman–Crippen MR) is 98.7 cm³/mol. The van der Waals surface area contributed by atoms with E-state index >= 15 is 0 Å². The highest BCUT2D eigenvalue weighted by Gasteiger charge is 2.35. The fourth-order valence-corrected chi connectivity index (χ4v) is 2.50. The Morgan fingerprint density at radius 2 is 1.93 bits per heavy atom. The lowest BCUT2D eigenvalue weighted by molar-refractivity contribution is -0.139. The third-order valence-electron chi connectivity index (χ3n) is 4.06. The molecule has 0 saturated carbocycles.